The number of rotatable bonds is 3. The van der Waals surface area contributed by atoms with Gasteiger partial charge in [-0.3, -0.25) is 4.79 Å². The summed E-state index contributed by atoms with van der Waals surface area (Å²) >= 11 is 0. The van der Waals surface area contributed by atoms with Crippen molar-refractivity contribution in [3.05, 3.63) is 29.8 Å². The Kier molecular flexibility index (Phi) is 3.99. The van der Waals surface area contributed by atoms with Crippen LogP contribution in [0.3, 0.4) is 0 Å². The molecule has 0 aliphatic carbocycles. The normalized spacial score (nSPS) is 20.4. The highest BCUT2D eigenvalue weighted by molar-refractivity contribution is 5.81. The third kappa shape index (κ3) is 3.20. The van der Waals surface area contributed by atoms with Crippen LogP contribution in [0.2, 0.25) is 0 Å². The topological polar surface area (TPSA) is 55.6 Å². The van der Waals surface area contributed by atoms with Gasteiger partial charge in [0.25, 0.3) is 5.91 Å². The van der Waals surface area contributed by atoms with E-state index in [0.717, 1.165) is 18.6 Å². The highest BCUT2D eigenvalue weighted by Gasteiger charge is 2.28. The highest BCUT2D eigenvalue weighted by atomic mass is 19.2. The van der Waals surface area contributed by atoms with E-state index in [2.05, 4.69) is 0 Å². The summed E-state index contributed by atoms with van der Waals surface area (Å²) in [5.74, 6) is -2.02. The van der Waals surface area contributed by atoms with Gasteiger partial charge in [-0.1, -0.05) is 0 Å². The van der Waals surface area contributed by atoms with E-state index in [4.69, 9.17) is 10.5 Å². The van der Waals surface area contributed by atoms with Crippen molar-refractivity contribution in [3.63, 3.8) is 0 Å². The van der Waals surface area contributed by atoms with Gasteiger partial charge in [0.2, 0.25) is 0 Å². The molecule has 104 valence electrons. The smallest absolute Gasteiger partial charge is 0.263 e. The summed E-state index contributed by atoms with van der Waals surface area (Å²) in [7, 11) is 0. The lowest BCUT2D eigenvalue weighted by atomic mass is 10.3. The fourth-order valence-corrected chi connectivity index (χ4v) is 2.05. The number of hydrogen-bond donors (Lipinski definition) is 1. The van der Waals surface area contributed by atoms with Crippen molar-refractivity contribution in [2.75, 3.05) is 13.1 Å². The number of ether oxygens (including phenoxy) is 1. The van der Waals surface area contributed by atoms with Crippen LogP contribution in [0.5, 0.6) is 5.75 Å². The molecular weight excluding hydrogens is 254 g/mol. The Bertz CT molecular complexity index is 482. The quantitative estimate of drug-likeness (QED) is 0.900. The summed E-state index contributed by atoms with van der Waals surface area (Å²) in [5, 5.41) is 0. The summed E-state index contributed by atoms with van der Waals surface area (Å²) in [5.41, 5.74) is 5.73. The van der Waals surface area contributed by atoms with Gasteiger partial charge in [-0.25, -0.2) is 8.78 Å². The van der Waals surface area contributed by atoms with Gasteiger partial charge in [0.15, 0.2) is 17.7 Å². The third-order valence-corrected chi connectivity index (χ3v) is 3.09. The Balaban J connectivity index is 1.98. The molecule has 0 radical (unpaired) electrons. The van der Waals surface area contributed by atoms with Gasteiger partial charge in [0.1, 0.15) is 5.75 Å². The maximum Gasteiger partial charge on any atom is 0.263 e. The fraction of sp³-hybridized carbons (Fsp3) is 0.462. The Labute approximate surface area is 110 Å². The minimum absolute atomic E-state index is 0.000541. The molecule has 0 saturated carbocycles. The molecule has 1 amide bonds. The minimum Gasteiger partial charge on any atom is -0.481 e. The zero-order valence-corrected chi connectivity index (χ0v) is 10.6. The Morgan fingerprint density at radius 2 is 2.21 bits per heavy atom. The summed E-state index contributed by atoms with van der Waals surface area (Å²) in [6.45, 7) is 2.68. The van der Waals surface area contributed by atoms with Crippen molar-refractivity contribution in [1.82, 2.24) is 4.90 Å². The standard InChI is InChI=1S/C13H16F2N2O2/c1-8(13(18)17-5-4-9(16)7-17)19-10-2-3-11(14)12(15)6-10/h2-3,6,8-9H,4-5,7,16H2,1H3/t8-,9+/m1/s1. The van der Waals surface area contributed by atoms with Gasteiger partial charge in [0, 0.05) is 25.2 Å². The van der Waals surface area contributed by atoms with E-state index in [1.54, 1.807) is 11.8 Å². The van der Waals surface area contributed by atoms with E-state index in [1.165, 1.54) is 6.07 Å². The number of carbonyl (C=O) groups excluding carboxylic acids is 1. The summed E-state index contributed by atoms with van der Waals surface area (Å²) in [4.78, 5) is 13.6. The number of amides is 1. The summed E-state index contributed by atoms with van der Waals surface area (Å²) < 4.78 is 31.1. The van der Waals surface area contributed by atoms with Gasteiger partial charge in [-0.15, -0.1) is 0 Å². The minimum atomic E-state index is -1.000. The largest absolute Gasteiger partial charge is 0.481 e. The van der Waals surface area contributed by atoms with E-state index >= 15 is 0 Å². The van der Waals surface area contributed by atoms with Crippen LogP contribution in [-0.4, -0.2) is 36.0 Å². The molecule has 1 aliphatic rings. The number of benzene rings is 1. The van der Waals surface area contributed by atoms with Crippen molar-refractivity contribution in [3.8, 4) is 5.75 Å². The van der Waals surface area contributed by atoms with Gasteiger partial charge in [-0.05, 0) is 25.5 Å². The SMILES string of the molecule is C[C@@H](Oc1ccc(F)c(F)c1)C(=O)N1CC[C@H](N)C1. The van der Waals surface area contributed by atoms with Crippen LogP contribution in [0.15, 0.2) is 18.2 Å². The fourth-order valence-electron chi connectivity index (χ4n) is 2.05. The highest BCUT2D eigenvalue weighted by Crippen LogP contribution is 2.18. The van der Waals surface area contributed by atoms with Gasteiger partial charge >= 0.3 is 0 Å². The van der Waals surface area contributed by atoms with Crippen molar-refractivity contribution >= 4 is 5.91 Å². The van der Waals surface area contributed by atoms with E-state index in [-0.39, 0.29) is 17.7 Å². The van der Waals surface area contributed by atoms with E-state index in [9.17, 15) is 13.6 Å². The molecule has 1 fully saturated rings. The van der Waals surface area contributed by atoms with Crippen LogP contribution < -0.4 is 10.5 Å². The maximum atomic E-state index is 13.0. The van der Waals surface area contributed by atoms with Crippen LogP contribution >= 0.6 is 0 Å². The zero-order valence-electron chi connectivity index (χ0n) is 10.6. The molecule has 1 aromatic carbocycles. The zero-order chi connectivity index (χ0) is 14.0. The predicted molar refractivity (Wildman–Crippen MR) is 65.6 cm³/mol. The first-order valence-electron chi connectivity index (χ1n) is 6.13. The third-order valence-electron chi connectivity index (χ3n) is 3.09. The molecule has 0 aromatic heterocycles. The van der Waals surface area contributed by atoms with Crippen LogP contribution in [-0.2, 0) is 4.79 Å². The van der Waals surface area contributed by atoms with Crippen molar-refractivity contribution in [2.45, 2.75) is 25.5 Å². The van der Waals surface area contributed by atoms with Gasteiger partial charge in [0.05, 0.1) is 0 Å². The number of nitrogens with zero attached hydrogens (tertiary/aromatic N) is 1. The van der Waals surface area contributed by atoms with Gasteiger partial charge in [-0.2, -0.15) is 0 Å². The molecular formula is C13H16F2N2O2. The van der Waals surface area contributed by atoms with Crippen molar-refractivity contribution in [1.29, 1.82) is 0 Å². The first kappa shape index (κ1) is 13.7. The molecule has 6 heteroatoms. The number of nitrogens with two attached hydrogens (primary N) is 1. The maximum absolute atomic E-state index is 13.0. The molecule has 1 saturated heterocycles. The average molecular weight is 270 g/mol. The predicted octanol–water partition coefficient (Wildman–Crippen LogP) is 1.29. The van der Waals surface area contributed by atoms with E-state index in [1.807, 2.05) is 0 Å². The Morgan fingerprint density at radius 1 is 1.47 bits per heavy atom. The second-order valence-electron chi connectivity index (χ2n) is 4.67. The molecule has 1 aromatic rings. The molecule has 1 aliphatic heterocycles. The molecule has 0 unspecified atom stereocenters. The Morgan fingerprint density at radius 3 is 2.79 bits per heavy atom. The van der Waals surface area contributed by atoms with Crippen LogP contribution in [0.25, 0.3) is 0 Å². The van der Waals surface area contributed by atoms with Crippen molar-refractivity contribution in [2.24, 2.45) is 5.73 Å². The van der Waals surface area contributed by atoms with Gasteiger partial charge < -0.3 is 15.4 Å². The van der Waals surface area contributed by atoms with Crippen LogP contribution in [0.1, 0.15) is 13.3 Å². The molecule has 0 bridgehead atoms. The molecule has 1 heterocycles. The lowest BCUT2D eigenvalue weighted by molar-refractivity contribution is -0.136. The molecule has 2 atom stereocenters. The number of likely N-dealkylation sites (tertiary alicyclic amines) is 1. The molecule has 2 N–H and O–H groups in total. The lowest BCUT2D eigenvalue weighted by Crippen LogP contribution is -2.40. The van der Waals surface area contributed by atoms with Crippen molar-refractivity contribution < 1.29 is 18.3 Å². The first-order chi connectivity index (χ1) is 8.97. The summed E-state index contributed by atoms with van der Waals surface area (Å²) in [6, 6.07) is 3.18. The second-order valence-corrected chi connectivity index (χ2v) is 4.67. The second kappa shape index (κ2) is 5.52. The first-order valence-corrected chi connectivity index (χ1v) is 6.13. The number of halogens is 2. The molecule has 2 rings (SSSR count). The number of carbonyl (C=O) groups is 1. The lowest BCUT2D eigenvalue weighted by Gasteiger charge is -2.21. The van der Waals surface area contributed by atoms with E-state index in [0.29, 0.717) is 13.1 Å². The number of hydrogen-bond acceptors (Lipinski definition) is 3. The molecule has 4 nitrogen and oxygen atoms in total. The van der Waals surface area contributed by atoms with Crippen LogP contribution in [0.4, 0.5) is 8.78 Å². The monoisotopic (exact) mass is 270 g/mol. The molecule has 0 spiro atoms. The van der Waals surface area contributed by atoms with E-state index < -0.39 is 17.7 Å². The summed E-state index contributed by atoms with van der Waals surface area (Å²) in [6.07, 6.45) is 0.0130. The molecule has 19 heavy (non-hydrogen) atoms. The van der Waals surface area contributed by atoms with Crippen LogP contribution in [0, 0.1) is 11.6 Å². The Hall–Kier alpha value is -1.69. The average Bonchev–Trinajstić information content (AvgIpc) is 2.79.